The van der Waals surface area contributed by atoms with Crippen LogP contribution < -0.4 is 10.6 Å². The monoisotopic (exact) mass is 746 g/mol. The van der Waals surface area contributed by atoms with Crippen molar-refractivity contribution in [3.63, 3.8) is 0 Å². The molecule has 53 heavy (non-hydrogen) atoms. The number of nitrogens with zero attached hydrogens (tertiary/aromatic N) is 4. The third-order valence-electron chi connectivity index (χ3n) is 7.03. The van der Waals surface area contributed by atoms with Crippen LogP contribution in [0.2, 0.25) is 0 Å². The van der Waals surface area contributed by atoms with E-state index in [1.807, 2.05) is 13.8 Å². The topological polar surface area (TPSA) is 110 Å². The SMILES string of the molecule is CC.O=C(NCC(F)(F)F)c1cnc2cncc(-c3ccc(F)cc3F)c2c1.O=C(NCC(F)(F)F)c1cnc2cncc(-c3ccccc3F)c2c1. The first-order valence-electron chi connectivity index (χ1n) is 15.5. The molecule has 2 aromatic carbocycles. The second-order valence-electron chi connectivity index (χ2n) is 10.7. The Hall–Kier alpha value is -6.13. The van der Waals surface area contributed by atoms with Crippen LogP contribution in [0.5, 0.6) is 0 Å². The van der Waals surface area contributed by atoms with E-state index in [4.69, 9.17) is 0 Å². The molecule has 0 atom stereocenters. The molecule has 0 aliphatic carbocycles. The van der Waals surface area contributed by atoms with Crippen molar-refractivity contribution < 1.29 is 49.1 Å². The van der Waals surface area contributed by atoms with Gasteiger partial charge in [0, 0.05) is 63.9 Å². The van der Waals surface area contributed by atoms with Crippen LogP contribution in [-0.2, 0) is 0 Å². The number of nitrogens with one attached hydrogen (secondary N) is 2. The van der Waals surface area contributed by atoms with Gasteiger partial charge < -0.3 is 10.6 Å². The summed E-state index contributed by atoms with van der Waals surface area (Å²) >= 11 is 0. The van der Waals surface area contributed by atoms with Crippen LogP contribution in [0.1, 0.15) is 34.6 Å². The molecule has 0 unspecified atom stereocenters. The van der Waals surface area contributed by atoms with Gasteiger partial charge in [-0.1, -0.05) is 32.0 Å². The average molecular weight is 747 g/mol. The number of fused-ring (bicyclic) bond motifs is 2. The molecular formula is C36H27F9N6O2. The Kier molecular flexibility index (Phi) is 12.7. The van der Waals surface area contributed by atoms with Crippen molar-refractivity contribution in [2.24, 2.45) is 0 Å². The Morgan fingerprint density at radius 3 is 1.45 bits per heavy atom. The smallest absolute Gasteiger partial charge is 0.343 e. The fourth-order valence-corrected chi connectivity index (χ4v) is 4.72. The predicted molar refractivity (Wildman–Crippen MR) is 178 cm³/mol. The highest BCUT2D eigenvalue weighted by atomic mass is 19.4. The van der Waals surface area contributed by atoms with Crippen LogP contribution >= 0.6 is 0 Å². The van der Waals surface area contributed by atoms with Gasteiger partial charge in [0.05, 0.1) is 34.6 Å². The summed E-state index contributed by atoms with van der Waals surface area (Å²) in [6.07, 6.45) is -1.30. The van der Waals surface area contributed by atoms with Gasteiger partial charge >= 0.3 is 12.4 Å². The summed E-state index contributed by atoms with van der Waals surface area (Å²) in [5.74, 6) is -3.97. The summed E-state index contributed by atoms with van der Waals surface area (Å²) in [6, 6.07) is 11.6. The number of hydrogen-bond donors (Lipinski definition) is 2. The molecule has 0 aliphatic heterocycles. The van der Waals surface area contributed by atoms with Crippen molar-refractivity contribution in [1.29, 1.82) is 0 Å². The van der Waals surface area contributed by atoms with E-state index in [0.717, 1.165) is 18.5 Å². The standard InChI is InChI=1S/C17H10F5N3O.C17H11F4N3O.C2H6/c18-10-1-2-11(14(19)4-10)13-6-23-7-15-12(13)3-9(5-24-15)16(26)25-8-17(20,21)22;18-14-4-2-1-3-11(14)13-7-22-8-15-12(13)5-10(6-23-15)16(25)24-9-17(19,20)21;1-2/h1-7H,8H2,(H,25,26);1-8H,9H2,(H,24,25);1-2H3. The van der Waals surface area contributed by atoms with E-state index >= 15 is 0 Å². The number of hydrogen-bond acceptors (Lipinski definition) is 6. The van der Waals surface area contributed by atoms with Crippen LogP contribution in [0.4, 0.5) is 39.5 Å². The summed E-state index contributed by atoms with van der Waals surface area (Å²) in [5.41, 5.74) is 1.44. The number of amides is 2. The van der Waals surface area contributed by atoms with Crippen LogP contribution in [0, 0.1) is 17.5 Å². The largest absolute Gasteiger partial charge is 0.405 e. The maximum atomic E-state index is 14.1. The molecule has 0 radical (unpaired) electrons. The molecule has 4 aromatic heterocycles. The highest BCUT2D eigenvalue weighted by Crippen LogP contribution is 2.31. The lowest BCUT2D eigenvalue weighted by Crippen LogP contribution is -2.33. The summed E-state index contributed by atoms with van der Waals surface area (Å²) < 4.78 is 115. The Bertz CT molecular complexity index is 2240. The molecule has 0 saturated carbocycles. The van der Waals surface area contributed by atoms with Gasteiger partial charge in [-0.3, -0.25) is 29.5 Å². The van der Waals surface area contributed by atoms with Crippen molar-refractivity contribution >= 4 is 33.6 Å². The predicted octanol–water partition coefficient (Wildman–Crippen LogP) is 8.62. The van der Waals surface area contributed by atoms with Gasteiger partial charge in [-0.15, -0.1) is 0 Å². The third kappa shape index (κ3) is 10.5. The number of benzene rings is 2. The zero-order valence-corrected chi connectivity index (χ0v) is 27.6. The van der Waals surface area contributed by atoms with E-state index in [0.29, 0.717) is 33.4 Å². The van der Waals surface area contributed by atoms with E-state index < -0.39 is 54.7 Å². The van der Waals surface area contributed by atoms with Crippen LogP contribution in [0.3, 0.4) is 0 Å². The normalized spacial score (nSPS) is 11.2. The molecule has 2 N–H and O–H groups in total. The minimum atomic E-state index is -4.55. The van der Waals surface area contributed by atoms with Crippen LogP contribution in [-0.4, -0.2) is 57.2 Å². The van der Waals surface area contributed by atoms with E-state index in [1.165, 1.54) is 55.1 Å². The molecular weight excluding hydrogens is 719 g/mol. The van der Waals surface area contributed by atoms with Gasteiger partial charge in [-0.25, -0.2) is 13.2 Å². The molecule has 0 saturated heterocycles. The fraction of sp³-hybridized carbons (Fsp3) is 0.167. The number of pyridine rings is 4. The Labute approximate surface area is 295 Å². The van der Waals surface area contributed by atoms with Gasteiger partial charge in [0.25, 0.3) is 11.8 Å². The molecule has 17 heteroatoms. The van der Waals surface area contributed by atoms with E-state index in [1.54, 1.807) is 22.8 Å². The molecule has 276 valence electrons. The lowest BCUT2D eigenvalue weighted by Gasteiger charge is -2.10. The molecule has 6 aromatic rings. The highest BCUT2D eigenvalue weighted by molar-refractivity contribution is 6.02. The minimum Gasteiger partial charge on any atom is -0.343 e. The first kappa shape index (κ1) is 39.7. The molecule has 0 bridgehead atoms. The maximum absolute atomic E-state index is 14.1. The quantitative estimate of drug-likeness (QED) is 0.165. The lowest BCUT2D eigenvalue weighted by atomic mass is 10.0. The summed E-state index contributed by atoms with van der Waals surface area (Å²) in [4.78, 5) is 39.7. The lowest BCUT2D eigenvalue weighted by molar-refractivity contribution is -0.123. The summed E-state index contributed by atoms with van der Waals surface area (Å²) in [5, 5.41) is 4.23. The van der Waals surface area contributed by atoms with E-state index in [2.05, 4.69) is 19.9 Å². The first-order valence-corrected chi connectivity index (χ1v) is 15.5. The Balaban J connectivity index is 0.000000226. The summed E-state index contributed by atoms with van der Waals surface area (Å²) in [6.45, 7) is 1.07. The molecule has 0 spiro atoms. The number of carbonyl (C=O) groups is 2. The average Bonchev–Trinajstić information content (AvgIpc) is 3.13. The number of rotatable bonds is 6. The van der Waals surface area contributed by atoms with Crippen molar-refractivity contribution in [2.45, 2.75) is 26.2 Å². The Morgan fingerprint density at radius 1 is 0.566 bits per heavy atom. The van der Waals surface area contributed by atoms with Gasteiger partial charge in [0.2, 0.25) is 0 Å². The maximum Gasteiger partial charge on any atom is 0.405 e. The van der Waals surface area contributed by atoms with Gasteiger partial charge in [-0.05, 0) is 30.3 Å². The van der Waals surface area contributed by atoms with Gasteiger partial charge in [0.1, 0.15) is 30.5 Å². The second kappa shape index (κ2) is 16.9. The first-order chi connectivity index (χ1) is 25.1. The van der Waals surface area contributed by atoms with E-state index in [-0.39, 0.29) is 27.8 Å². The third-order valence-corrected chi connectivity index (χ3v) is 7.03. The summed E-state index contributed by atoms with van der Waals surface area (Å²) in [7, 11) is 0. The van der Waals surface area contributed by atoms with Crippen LogP contribution in [0.15, 0.2) is 91.8 Å². The van der Waals surface area contributed by atoms with Crippen molar-refractivity contribution in [2.75, 3.05) is 13.1 Å². The number of halogens is 9. The molecule has 0 aliphatic rings. The fourth-order valence-electron chi connectivity index (χ4n) is 4.72. The number of aromatic nitrogens is 4. The van der Waals surface area contributed by atoms with E-state index in [9.17, 15) is 49.1 Å². The molecule has 0 fully saturated rings. The van der Waals surface area contributed by atoms with Crippen molar-refractivity contribution in [3.05, 3.63) is 120 Å². The molecule has 6 rings (SSSR count). The molecule has 2 amide bonds. The van der Waals surface area contributed by atoms with Crippen molar-refractivity contribution in [1.82, 2.24) is 30.6 Å². The molecule has 8 nitrogen and oxygen atoms in total. The van der Waals surface area contributed by atoms with Gasteiger partial charge in [0.15, 0.2) is 0 Å². The van der Waals surface area contributed by atoms with Gasteiger partial charge in [-0.2, -0.15) is 26.3 Å². The van der Waals surface area contributed by atoms with Crippen molar-refractivity contribution in [3.8, 4) is 22.3 Å². The number of alkyl halides is 6. The zero-order chi connectivity index (χ0) is 38.9. The number of carbonyl (C=O) groups excluding carboxylic acids is 2. The minimum absolute atomic E-state index is 0.0270. The second-order valence-corrected chi connectivity index (χ2v) is 10.7. The highest BCUT2D eigenvalue weighted by Gasteiger charge is 2.29. The zero-order valence-electron chi connectivity index (χ0n) is 27.6. The Morgan fingerprint density at radius 2 is 1.02 bits per heavy atom. The molecule has 4 heterocycles. The van der Waals surface area contributed by atoms with Crippen LogP contribution in [0.25, 0.3) is 44.1 Å².